The molecule has 0 radical (unpaired) electrons. The lowest BCUT2D eigenvalue weighted by Gasteiger charge is -2.30. The summed E-state index contributed by atoms with van der Waals surface area (Å²) in [7, 11) is 3.12. The van der Waals surface area contributed by atoms with Gasteiger partial charge in [0.2, 0.25) is 11.9 Å². The van der Waals surface area contributed by atoms with Crippen LogP contribution in [-0.4, -0.2) is 47.5 Å². The molecule has 1 aromatic heterocycles. The molecular formula is C24H24F3N7O2. The van der Waals surface area contributed by atoms with Gasteiger partial charge in [-0.2, -0.15) is 18.2 Å². The number of halogens is 3. The van der Waals surface area contributed by atoms with Crippen molar-refractivity contribution in [2.45, 2.75) is 25.9 Å². The van der Waals surface area contributed by atoms with Gasteiger partial charge in [-0.15, -0.1) is 0 Å². The second-order valence-electron chi connectivity index (χ2n) is 8.28. The van der Waals surface area contributed by atoms with E-state index in [4.69, 9.17) is 0 Å². The van der Waals surface area contributed by atoms with Crippen LogP contribution in [0.1, 0.15) is 33.5 Å². The molecule has 12 heteroatoms. The number of benzene rings is 2. The van der Waals surface area contributed by atoms with Crippen molar-refractivity contribution < 1.29 is 22.8 Å². The van der Waals surface area contributed by atoms with Crippen molar-refractivity contribution in [1.29, 1.82) is 0 Å². The van der Waals surface area contributed by atoms with Crippen molar-refractivity contribution in [3.8, 4) is 0 Å². The molecule has 2 N–H and O–H groups in total. The molecule has 0 aliphatic carbocycles. The standard InChI is InChI=1S/C24H24F3N7O2/c1-14-6-7-16(11-18(14)31-23(36)33(3)22-30-13-29-21(28-2)32-22)20(35)34-10-4-5-15-8-9-17(12-19(15)34)24(25,26)27/h6-9,11-13H,4-5,10H2,1-3H3,(H,31,36)(H,28,29,30,32). The predicted molar refractivity (Wildman–Crippen MR) is 129 cm³/mol. The maximum atomic E-state index is 13.4. The number of hydrogen-bond donors (Lipinski definition) is 2. The molecule has 1 aliphatic rings. The summed E-state index contributed by atoms with van der Waals surface area (Å²) in [5.41, 5.74) is 1.44. The van der Waals surface area contributed by atoms with Crippen molar-refractivity contribution in [2.75, 3.05) is 41.1 Å². The van der Waals surface area contributed by atoms with Crippen LogP contribution < -0.4 is 20.4 Å². The number of nitrogens with one attached hydrogen (secondary N) is 2. The van der Waals surface area contributed by atoms with Gasteiger partial charge >= 0.3 is 12.2 Å². The number of carbonyl (C=O) groups excluding carboxylic acids is 2. The molecule has 0 spiro atoms. The number of anilines is 4. The zero-order chi connectivity index (χ0) is 26.0. The summed E-state index contributed by atoms with van der Waals surface area (Å²) >= 11 is 0. The number of aromatic nitrogens is 3. The highest BCUT2D eigenvalue weighted by molar-refractivity contribution is 6.08. The van der Waals surface area contributed by atoms with Crippen LogP contribution in [0.3, 0.4) is 0 Å². The average Bonchev–Trinajstić information content (AvgIpc) is 2.87. The lowest BCUT2D eigenvalue weighted by Crippen LogP contribution is -2.36. The topological polar surface area (TPSA) is 103 Å². The number of alkyl halides is 3. The van der Waals surface area contributed by atoms with E-state index in [9.17, 15) is 22.8 Å². The van der Waals surface area contributed by atoms with Crippen molar-refractivity contribution in [1.82, 2.24) is 15.0 Å². The third kappa shape index (κ3) is 5.07. The molecule has 0 saturated carbocycles. The Morgan fingerprint density at radius 1 is 1.11 bits per heavy atom. The van der Waals surface area contributed by atoms with E-state index in [1.54, 1.807) is 26.1 Å². The van der Waals surface area contributed by atoms with Crippen molar-refractivity contribution in [3.05, 3.63) is 65.0 Å². The van der Waals surface area contributed by atoms with Crippen LogP contribution in [0.15, 0.2) is 42.7 Å². The van der Waals surface area contributed by atoms with Crippen LogP contribution in [0.5, 0.6) is 0 Å². The van der Waals surface area contributed by atoms with E-state index in [1.165, 1.54) is 35.3 Å². The fourth-order valence-electron chi connectivity index (χ4n) is 3.87. The third-order valence-electron chi connectivity index (χ3n) is 5.89. The van der Waals surface area contributed by atoms with Gasteiger partial charge in [0.05, 0.1) is 5.56 Å². The SMILES string of the molecule is CNc1ncnc(N(C)C(=O)Nc2cc(C(=O)N3CCCc4ccc(C(F)(F)F)cc43)ccc2C)n1. The van der Waals surface area contributed by atoms with E-state index in [1.807, 2.05) is 0 Å². The van der Waals surface area contributed by atoms with Gasteiger partial charge in [-0.1, -0.05) is 12.1 Å². The molecule has 0 fully saturated rings. The average molecular weight is 499 g/mol. The number of hydrogen-bond acceptors (Lipinski definition) is 6. The molecule has 3 aromatic rings. The molecule has 1 aliphatic heterocycles. The summed E-state index contributed by atoms with van der Waals surface area (Å²) in [6.45, 7) is 2.05. The first-order valence-electron chi connectivity index (χ1n) is 11.1. The van der Waals surface area contributed by atoms with Crippen LogP contribution in [0.4, 0.5) is 41.2 Å². The maximum Gasteiger partial charge on any atom is 0.416 e. The van der Waals surface area contributed by atoms with E-state index < -0.39 is 23.7 Å². The molecule has 0 atom stereocenters. The van der Waals surface area contributed by atoms with E-state index in [0.29, 0.717) is 42.1 Å². The van der Waals surface area contributed by atoms with Gasteiger partial charge in [-0.3, -0.25) is 9.69 Å². The first-order valence-corrected chi connectivity index (χ1v) is 11.1. The Kier molecular flexibility index (Phi) is 6.77. The normalized spacial score (nSPS) is 13.1. The van der Waals surface area contributed by atoms with E-state index >= 15 is 0 Å². The van der Waals surface area contributed by atoms with Gasteiger partial charge in [0.1, 0.15) is 6.33 Å². The summed E-state index contributed by atoms with van der Waals surface area (Å²) in [6, 6.07) is 7.70. The summed E-state index contributed by atoms with van der Waals surface area (Å²) in [6.07, 6.45) is -2.03. The molecule has 9 nitrogen and oxygen atoms in total. The Hall–Kier alpha value is -4.22. The minimum atomic E-state index is -4.51. The largest absolute Gasteiger partial charge is 0.416 e. The highest BCUT2D eigenvalue weighted by Gasteiger charge is 2.33. The number of rotatable bonds is 4. The Morgan fingerprint density at radius 3 is 2.61 bits per heavy atom. The Bertz CT molecular complexity index is 1310. The van der Waals surface area contributed by atoms with E-state index in [0.717, 1.165) is 12.1 Å². The molecule has 0 saturated heterocycles. The second kappa shape index (κ2) is 9.80. The van der Waals surface area contributed by atoms with Crippen molar-refractivity contribution in [2.24, 2.45) is 0 Å². The van der Waals surface area contributed by atoms with Crippen LogP contribution in [0.2, 0.25) is 0 Å². The summed E-state index contributed by atoms with van der Waals surface area (Å²) < 4.78 is 39.9. The highest BCUT2D eigenvalue weighted by atomic mass is 19.4. The molecule has 188 valence electrons. The monoisotopic (exact) mass is 499 g/mol. The number of fused-ring (bicyclic) bond motifs is 1. The minimum absolute atomic E-state index is 0.113. The zero-order valence-corrected chi connectivity index (χ0v) is 19.8. The molecule has 36 heavy (non-hydrogen) atoms. The molecule has 0 bridgehead atoms. The third-order valence-corrected chi connectivity index (χ3v) is 5.89. The Morgan fingerprint density at radius 2 is 1.89 bits per heavy atom. The predicted octanol–water partition coefficient (Wildman–Crippen LogP) is 4.50. The minimum Gasteiger partial charge on any atom is -0.357 e. The smallest absolute Gasteiger partial charge is 0.357 e. The lowest BCUT2D eigenvalue weighted by atomic mass is 9.98. The molecular weight excluding hydrogens is 475 g/mol. The number of urea groups is 1. The molecule has 2 aromatic carbocycles. The number of carbonyl (C=O) groups is 2. The molecule has 4 rings (SSSR count). The first-order chi connectivity index (χ1) is 17.1. The summed E-state index contributed by atoms with van der Waals surface area (Å²) in [5, 5.41) is 5.50. The quantitative estimate of drug-likeness (QED) is 0.548. The zero-order valence-electron chi connectivity index (χ0n) is 19.8. The Balaban J connectivity index is 1.59. The first kappa shape index (κ1) is 24.9. The van der Waals surface area contributed by atoms with Gasteiger partial charge in [-0.05, 0) is 55.2 Å². The van der Waals surface area contributed by atoms with Crippen molar-refractivity contribution in [3.63, 3.8) is 0 Å². The highest BCUT2D eigenvalue weighted by Crippen LogP contribution is 2.36. The summed E-state index contributed by atoms with van der Waals surface area (Å²) in [4.78, 5) is 40.8. The number of amides is 3. The number of aryl methyl sites for hydroxylation is 2. The van der Waals surface area contributed by atoms with Crippen LogP contribution in [0.25, 0.3) is 0 Å². The fraction of sp³-hybridized carbons (Fsp3) is 0.292. The molecule has 0 unspecified atom stereocenters. The molecule has 3 amide bonds. The maximum absolute atomic E-state index is 13.4. The van der Waals surface area contributed by atoms with Gasteiger partial charge in [0, 0.05) is 37.6 Å². The van der Waals surface area contributed by atoms with Gasteiger partial charge in [0.15, 0.2) is 0 Å². The van der Waals surface area contributed by atoms with E-state index in [2.05, 4.69) is 25.6 Å². The Labute approximate surface area is 205 Å². The van der Waals surface area contributed by atoms with Crippen LogP contribution in [0, 0.1) is 6.92 Å². The van der Waals surface area contributed by atoms with Crippen LogP contribution in [-0.2, 0) is 12.6 Å². The molecule has 2 heterocycles. The second-order valence-corrected chi connectivity index (χ2v) is 8.28. The summed E-state index contributed by atoms with van der Waals surface area (Å²) in [5.74, 6) is -0.0451. The van der Waals surface area contributed by atoms with Crippen molar-refractivity contribution >= 4 is 35.2 Å². The lowest BCUT2D eigenvalue weighted by molar-refractivity contribution is -0.137. The van der Waals surface area contributed by atoms with Gasteiger partial charge < -0.3 is 15.5 Å². The van der Waals surface area contributed by atoms with Crippen LogP contribution >= 0.6 is 0 Å². The fourth-order valence-corrected chi connectivity index (χ4v) is 3.87. The van der Waals surface area contributed by atoms with E-state index in [-0.39, 0.29) is 17.2 Å². The number of nitrogens with zero attached hydrogens (tertiary/aromatic N) is 5. The van der Waals surface area contributed by atoms with Gasteiger partial charge in [0.25, 0.3) is 5.91 Å². The van der Waals surface area contributed by atoms with Gasteiger partial charge in [-0.25, -0.2) is 14.8 Å².